The van der Waals surface area contributed by atoms with Gasteiger partial charge >= 0.3 is 17.8 Å². The van der Waals surface area contributed by atoms with Gasteiger partial charge in [0.05, 0.1) is 42.6 Å². The number of halogens is 3. The first-order valence-corrected chi connectivity index (χ1v) is 11.7. The number of carbonyl (C=O) groups is 2. The predicted molar refractivity (Wildman–Crippen MR) is 128 cm³/mol. The molecule has 1 N–H and O–H groups in total. The average Bonchev–Trinajstić information content (AvgIpc) is 3.38. The summed E-state index contributed by atoms with van der Waals surface area (Å²) in [4.78, 5) is 30.5. The summed E-state index contributed by atoms with van der Waals surface area (Å²) in [5.41, 5.74) is -0.147. The smallest absolute Gasteiger partial charge is 0.356 e. The van der Waals surface area contributed by atoms with Crippen molar-refractivity contribution in [3.8, 4) is 22.1 Å². The summed E-state index contributed by atoms with van der Waals surface area (Å²) >= 11 is 1.16. The number of fused-ring (bicyclic) bond motifs is 1. The molecule has 0 saturated carbocycles. The fourth-order valence-corrected chi connectivity index (χ4v) is 4.85. The standard InChI is InChI=1S/C24H22F3N3O5S/c1-4-35-17-12-18(36-21(17)22(31)34-3)15-11-13(7-8-29-15)28-9-10-30-20-14(25)5-6-16(33-2)19(20)24(26,27)23(30)32/h5-8,11-12H,4,9-10H2,1-3H3,(H,28,29). The highest BCUT2D eigenvalue weighted by atomic mass is 32.1. The van der Waals surface area contributed by atoms with E-state index in [0.29, 0.717) is 33.5 Å². The summed E-state index contributed by atoms with van der Waals surface area (Å²) in [7, 11) is 2.46. The van der Waals surface area contributed by atoms with Gasteiger partial charge in [0.1, 0.15) is 17.3 Å². The Morgan fingerprint density at radius 3 is 2.67 bits per heavy atom. The van der Waals surface area contributed by atoms with Crippen LogP contribution in [0.2, 0.25) is 0 Å². The molecular formula is C24H22F3N3O5S. The van der Waals surface area contributed by atoms with Crippen LogP contribution < -0.4 is 19.7 Å². The van der Waals surface area contributed by atoms with Gasteiger partial charge in [-0.3, -0.25) is 9.78 Å². The number of esters is 1. The molecule has 1 amide bonds. The molecule has 0 bridgehead atoms. The lowest BCUT2D eigenvalue weighted by atomic mass is 10.1. The van der Waals surface area contributed by atoms with E-state index in [2.05, 4.69) is 10.3 Å². The van der Waals surface area contributed by atoms with Gasteiger partial charge in [0.2, 0.25) is 0 Å². The largest absolute Gasteiger partial charge is 0.496 e. The minimum atomic E-state index is -3.90. The van der Waals surface area contributed by atoms with Crippen LogP contribution in [0.5, 0.6) is 11.5 Å². The first-order valence-electron chi connectivity index (χ1n) is 10.8. The van der Waals surface area contributed by atoms with E-state index in [9.17, 15) is 22.8 Å². The van der Waals surface area contributed by atoms with Crippen molar-refractivity contribution in [1.29, 1.82) is 0 Å². The highest BCUT2D eigenvalue weighted by Crippen LogP contribution is 2.49. The number of benzene rings is 1. The van der Waals surface area contributed by atoms with Crippen LogP contribution in [0.25, 0.3) is 10.6 Å². The van der Waals surface area contributed by atoms with Gasteiger partial charge in [-0.2, -0.15) is 8.78 Å². The van der Waals surface area contributed by atoms with Crippen LogP contribution in [-0.2, 0) is 15.5 Å². The van der Waals surface area contributed by atoms with Crippen LogP contribution in [0.4, 0.5) is 24.5 Å². The summed E-state index contributed by atoms with van der Waals surface area (Å²) in [6.07, 6.45) is 1.53. The highest BCUT2D eigenvalue weighted by Gasteiger charge is 2.56. The summed E-state index contributed by atoms with van der Waals surface area (Å²) < 4.78 is 59.1. The predicted octanol–water partition coefficient (Wildman–Crippen LogP) is 4.69. The van der Waals surface area contributed by atoms with E-state index in [1.54, 1.807) is 25.1 Å². The second kappa shape index (κ2) is 10.1. The maximum absolute atomic E-state index is 14.7. The molecule has 8 nitrogen and oxygen atoms in total. The maximum Gasteiger partial charge on any atom is 0.356 e. The summed E-state index contributed by atoms with van der Waals surface area (Å²) in [5.74, 6) is -6.76. The van der Waals surface area contributed by atoms with Crippen LogP contribution in [0.3, 0.4) is 0 Å². The lowest BCUT2D eigenvalue weighted by Crippen LogP contribution is -2.37. The number of rotatable bonds is 9. The van der Waals surface area contributed by atoms with Gasteiger partial charge in [0, 0.05) is 31.0 Å². The number of thiophene rings is 1. The molecule has 1 aliphatic rings. The molecule has 1 aliphatic heterocycles. The lowest BCUT2D eigenvalue weighted by Gasteiger charge is -2.18. The van der Waals surface area contributed by atoms with Crippen molar-refractivity contribution in [3.05, 3.63) is 52.8 Å². The van der Waals surface area contributed by atoms with Gasteiger partial charge < -0.3 is 24.4 Å². The summed E-state index contributed by atoms with van der Waals surface area (Å²) in [6, 6.07) is 7.09. The molecule has 2 aromatic heterocycles. The molecule has 1 aromatic carbocycles. The Morgan fingerprint density at radius 1 is 1.19 bits per heavy atom. The van der Waals surface area contributed by atoms with Gasteiger partial charge in [0.15, 0.2) is 4.88 Å². The van der Waals surface area contributed by atoms with Crippen molar-refractivity contribution in [3.63, 3.8) is 0 Å². The maximum atomic E-state index is 14.7. The molecule has 0 atom stereocenters. The molecule has 0 aliphatic carbocycles. The third kappa shape index (κ3) is 4.43. The van der Waals surface area contributed by atoms with E-state index < -0.39 is 34.9 Å². The van der Waals surface area contributed by atoms with E-state index in [-0.39, 0.29) is 18.8 Å². The molecule has 4 rings (SSSR count). The second-order valence-electron chi connectivity index (χ2n) is 7.59. The zero-order valence-corrected chi connectivity index (χ0v) is 20.4. The second-order valence-corrected chi connectivity index (χ2v) is 8.64. The van der Waals surface area contributed by atoms with Crippen molar-refractivity contribution in [1.82, 2.24) is 4.98 Å². The first-order chi connectivity index (χ1) is 17.2. The van der Waals surface area contributed by atoms with Gasteiger partial charge in [-0.1, -0.05) is 0 Å². The van der Waals surface area contributed by atoms with Crippen LogP contribution in [-0.4, -0.2) is 50.8 Å². The zero-order valence-electron chi connectivity index (χ0n) is 19.6. The molecule has 190 valence electrons. The number of ether oxygens (including phenoxy) is 3. The van der Waals surface area contributed by atoms with Crippen molar-refractivity contribution < 1.29 is 37.0 Å². The number of nitrogens with zero attached hydrogens (tertiary/aromatic N) is 2. The van der Waals surface area contributed by atoms with E-state index in [1.165, 1.54) is 20.4 Å². The van der Waals surface area contributed by atoms with Crippen molar-refractivity contribution in [2.75, 3.05) is 44.1 Å². The molecule has 3 heterocycles. The molecule has 0 saturated heterocycles. The minimum Gasteiger partial charge on any atom is -0.496 e. The number of nitrogens with one attached hydrogen (secondary N) is 1. The van der Waals surface area contributed by atoms with E-state index in [4.69, 9.17) is 14.2 Å². The Labute approximate surface area is 208 Å². The third-order valence-electron chi connectivity index (χ3n) is 5.45. The SMILES string of the molecule is CCOc1cc(-c2cc(NCCN3C(=O)C(F)(F)c4c(OC)ccc(F)c43)ccn2)sc1C(=O)OC. The number of pyridine rings is 1. The van der Waals surface area contributed by atoms with E-state index in [0.717, 1.165) is 28.4 Å². The molecule has 0 fully saturated rings. The number of hydrogen-bond donors (Lipinski definition) is 1. The normalized spacial score (nSPS) is 13.9. The van der Waals surface area contributed by atoms with Gasteiger partial charge in [-0.05, 0) is 31.2 Å². The van der Waals surface area contributed by atoms with Crippen LogP contribution >= 0.6 is 11.3 Å². The molecule has 0 radical (unpaired) electrons. The number of amides is 1. The Hall–Kier alpha value is -3.80. The number of hydrogen-bond acceptors (Lipinski definition) is 8. The van der Waals surface area contributed by atoms with Crippen LogP contribution in [0.1, 0.15) is 22.2 Å². The first kappa shape index (κ1) is 25.3. The van der Waals surface area contributed by atoms with E-state index >= 15 is 0 Å². The zero-order chi connectivity index (χ0) is 26.0. The Kier molecular flexibility index (Phi) is 7.07. The number of alkyl halides is 2. The summed E-state index contributed by atoms with van der Waals surface area (Å²) in [5, 5.41) is 3.04. The average molecular weight is 522 g/mol. The third-order valence-corrected chi connectivity index (χ3v) is 6.57. The van der Waals surface area contributed by atoms with Crippen molar-refractivity contribution in [2.24, 2.45) is 0 Å². The Balaban J connectivity index is 1.52. The molecular weight excluding hydrogens is 499 g/mol. The number of carbonyl (C=O) groups excluding carboxylic acids is 2. The quantitative estimate of drug-likeness (QED) is 0.409. The summed E-state index contributed by atoms with van der Waals surface area (Å²) in [6.45, 7) is 1.98. The Morgan fingerprint density at radius 2 is 1.97 bits per heavy atom. The fraction of sp³-hybridized carbons (Fsp3) is 0.292. The van der Waals surface area contributed by atoms with Gasteiger partial charge in [-0.25, -0.2) is 9.18 Å². The van der Waals surface area contributed by atoms with Crippen molar-refractivity contribution in [2.45, 2.75) is 12.8 Å². The molecule has 0 unspecified atom stereocenters. The van der Waals surface area contributed by atoms with Gasteiger partial charge in [-0.15, -0.1) is 11.3 Å². The lowest BCUT2D eigenvalue weighted by molar-refractivity contribution is -0.141. The Bertz CT molecular complexity index is 1310. The number of anilines is 2. The molecule has 3 aromatic rings. The minimum absolute atomic E-state index is 0.0450. The topological polar surface area (TPSA) is 90.0 Å². The highest BCUT2D eigenvalue weighted by molar-refractivity contribution is 7.17. The molecule has 12 heteroatoms. The molecule has 0 spiro atoms. The van der Waals surface area contributed by atoms with Crippen molar-refractivity contribution >= 4 is 34.6 Å². The monoisotopic (exact) mass is 521 g/mol. The van der Waals surface area contributed by atoms with Gasteiger partial charge in [0.25, 0.3) is 0 Å². The molecule has 36 heavy (non-hydrogen) atoms. The van der Waals surface area contributed by atoms with Crippen LogP contribution in [0.15, 0.2) is 36.5 Å². The number of aromatic nitrogens is 1. The number of methoxy groups -OCH3 is 2. The van der Waals surface area contributed by atoms with Crippen LogP contribution in [0, 0.1) is 5.82 Å². The fourth-order valence-electron chi connectivity index (χ4n) is 3.86. The van der Waals surface area contributed by atoms with E-state index in [1.807, 2.05) is 0 Å².